The van der Waals surface area contributed by atoms with Crippen LogP contribution in [0.5, 0.6) is 0 Å². The molecule has 1 saturated carbocycles. The minimum absolute atomic E-state index is 0.0716. The van der Waals surface area contributed by atoms with Gasteiger partial charge in [0.05, 0.1) is 33.0 Å². The minimum Gasteiger partial charge on any atom is -0.403 e. The molecular weight excluding hydrogens is 445 g/mol. The first-order chi connectivity index (χ1) is 16.2. The number of rotatable bonds is 9. The van der Waals surface area contributed by atoms with Crippen LogP contribution in [0.4, 0.5) is 27.6 Å². The lowest BCUT2D eigenvalue weighted by Crippen LogP contribution is -2.25. The quantitative estimate of drug-likeness (QED) is 0.261. The highest BCUT2D eigenvalue weighted by atomic mass is 32.1. The molecule has 1 fully saturated rings. The summed E-state index contributed by atoms with van der Waals surface area (Å²) in [6.07, 6.45) is 3.46. The van der Waals surface area contributed by atoms with E-state index < -0.39 is 6.17 Å². The summed E-state index contributed by atoms with van der Waals surface area (Å²) < 4.78 is 21.2. The fraction of sp³-hybridized carbons (Fsp3) is 0.364. The number of halogens is 1. The van der Waals surface area contributed by atoms with Gasteiger partial charge in [-0.1, -0.05) is 5.10 Å². The van der Waals surface area contributed by atoms with Gasteiger partial charge in [0.1, 0.15) is 12.0 Å². The van der Waals surface area contributed by atoms with Gasteiger partial charge in [0.25, 0.3) is 5.89 Å². The smallest absolute Gasteiger partial charge is 0.315 e. The van der Waals surface area contributed by atoms with E-state index in [2.05, 4.69) is 36.1 Å². The second kappa shape index (κ2) is 9.67. The molecule has 4 N–H and O–H groups in total. The Morgan fingerprint density at radius 2 is 2.12 bits per heavy atom. The number of aliphatic hydroxyl groups is 1. The highest BCUT2D eigenvalue weighted by Gasteiger charge is 2.28. The molecule has 0 amide bonds. The molecule has 4 aromatic rings. The van der Waals surface area contributed by atoms with Gasteiger partial charge in [-0.2, -0.15) is 0 Å². The van der Waals surface area contributed by atoms with Crippen molar-refractivity contribution in [3.05, 3.63) is 36.0 Å². The Balaban J connectivity index is 1.42. The first-order valence-electron chi connectivity index (χ1n) is 10.9. The normalized spacial score (nSPS) is 18.0. The topological polar surface area (TPSA) is 121 Å². The van der Waals surface area contributed by atoms with E-state index in [1.165, 1.54) is 0 Å². The van der Waals surface area contributed by atoms with Gasteiger partial charge in [-0.05, 0) is 43.9 Å². The molecule has 1 aliphatic carbocycles. The van der Waals surface area contributed by atoms with Crippen molar-refractivity contribution in [3.63, 3.8) is 0 Å². The summed E-state index contributed by atoms with van der Waals surface area (Å²) in [4.78, 5) is 8.82. The maximum Gasteiger partial charge on any atom is 0.315 e. The fourth-order valence-corrected chi connectivity index (χ4v) is 4.57. The Bertz CT molecular complexity index is 1230. The molecule has 11 heteroatoms. The maximum atomic E-state index is 14.4. The number of aromatic nitrogens is 4. The third-order valence-electron chi connectivity index (χ3n) is 5.55. The third-order valence-corrected chi connectivity index (χ3v) is 6.34. The first kappa shape index (κ1) is 21.5. The molecule has 33 heavy (non-hydrogen) atoms. The Morgan fingerprint density at radius 3 is 2.97 bits per heavy atom. The standard InChI is InChI=1S/C22H24FN7O2S/c23-15-3-1-4-16(15)28-18-10-20(27-13-5-6-17-19(9-13)33-12-26-17)25-11-14(18)21-29-30-22(32-21)24-7-2-8-31/h5-6,9-12,15-16,31H,1-4,7-8H2,(H,24,30)(H2,25,27,28). The van der Waals surface area contributed by atoms with Crippen LogP contribution in [0.2, 0.25) is 0 Å². The lowest BCUT2D eigenvalue weighted by atomic mass is 10.1. The highest BCUT2D eigenvalue weighted by Crippen LogP contribution is 2.34. The van der Waals surface area contributed by atoms with Crippen molar-refractivity contribution in [3.8, 4) is 11.5 Å². The number of nitrogens with zero attached hydrogens (tertiary/aromatic N) is 4. The zero-order valence-electron chi connectivity index (χ0n) is 17.8. The molecule has 0 spiro atoms. The number of aliphatic hydroxyl groups excluding tert-OH is 1. The van der Waals surface area contributed by atoms with Gasteiger partial charge in [-0.15, -0.1) is 16.4 Å². The Kier molecular flexibility index (Phi) is 6.31. The number of anilines is 4. The zero-order chi connectivity index (χ0) is 22.6. The summed E-state index contributed by atoms with van der Waals surface area (Å²) in [6, 6.07) is 7.73. The molecule has 1 aromatic carbocycles. The Morgan fingerprint density at radius 1 is 1.18 bits per heavy atom. The van der Waals surface area contributed by atoms with Crippen LogP contribution in [0.25, 0.3) is 21.7 Å². The predicted molar refractivity (Wildman–Crippen MR) is 127 cm³/mol. The third kappa shape index (κ3) is 4.88. The average molecular weight is 470 g/mol. The van der Waals surface area contributed by atoms with Crippen LogP contribution in [-0.4, -0.2) is 50.6 Å². The summed E-state index contributed by atoms with van der Waals surface area (Å²) in [5.41, 5.74) is 4.92. The van der Waals surface area contributed by atoms with Crippen molar-refractivity contribution in [1.29, 1.82) is 0 Å². The van der Waals surface area contributed by atoms with E-state index in [0.29, 0.717) is 36.5 Å². The largest absolute Gasteiger partial charge is 0.403 e. The molecule has 0 saturated heterocycles. The molecule has 2 unspecified atom stereocenters. The molecule has 0 bridgehead atoms. The summed E-state index contributed by atoms with van der Waals surface area (Å²) in [7, 11) is 0. The average Bonchev–Trinajstić information content (AvgIpc) is 3.56. The second-order valence-corrected chi connectivity index (χ2v) is 8.78. The Hall–Kier alpha value is -3.31. The van der Waals surface area contributed by atoms with Crippen LogP contribution < -0.4 is 16.0 Å². The van der Waals surface area contributed by atoms with Crippen LogP contribution in [0.1, 0.15) is 25.7 Å². The van der Waals surface area contributed by atoms with E-state index in [-0.39, 0.29) is 24.6 Å². The van der Waals surface area contributed by atoms with E-state index in [1.54, 1.807) is 17.5 Å². The summed E-state index contributed by atoms with van der Waals surface area (Å²) in [5.74, 6) is 0.891. The van der Waals surface area contributed by atoms with Crippen molar-refractivity contribution in [2.45, 2.75) is 37.9 Å². The van der Waals surface area contributed by atoms with Crippen LogP contribution in [-0.2, 0) is 0 Å². The number of nitrogens with one attached hydrogen (secondary N) is 3. The number of hydrogen-bond acceptors (Lipinski definition) is 10. The predicted octanol–water partition coefficient (Wildman–Crippen LogP) is 4.58. The van der Waals surface area contributed by atoms with E-state index in [4.69, 9.17) is 9.52 Å². The monoisotopic (exact) mass is 469 g/mol. The Labute approximate surface area is 193 Å². The van der Waals surface area contributed by atoms with Gasteiger partial charge in [0.2, 0.25) is 0 Å². The van der Waals surface area contributed by atoms with Crippen LogP contribution in [0, 0.1) is 0 Å². The van der Waals surface area contributed by atoms with Crippen molar-refractivity contribution in [2.75, 3.05) is 29.1 Å². The van der Waals surface area contributed by atoms with E-state index in [0.717, 1.165) is 28.7 Å². The number of fused-ring (bicyclic) bond motifs is 1. The molecule has 2 atom stereocenters. The van der Waals surface area contributed by atoms with E-state index >= 15 is 0 Å². The number of alkyl halides is 1. The molecule has 172 valence electrons. The summed E-state index contributed by atoms with van der Waals surface area (Å²) >= 11 is 1.57. The second-order valence-electron chi connectivity index (χ2n) is 7.89. The lowest BCUT2D eigenvalue weighted by Gasteiger charge is -2.19. The van der Waals surface area contributed by atoms with E-state index in [9.17, 15) is 4.39 Å². The number of thiazole rings is 1. The fourth-order valence-electron chi connectivity index (χ4n) is 3.85. The number of benzene rings is 1. The van der Waals surface area contributed by atoms with Gasteiger partial charge in [-0.3, -0.25) is 0 Å². The van der Waals surface area contributed by atoms with Gasteiger partial charge in [0.15, 0.2) is 0 Å². The van der Waals surface area contributed by atoms with Crippen molar-refractivity contribution >= 4 is 44.8 Å². The van der Waals surface area contributed by atoms with Gasteiger partial charge in [-0.25, -0.2) is 14.4 Å². The first-order valence-corrected chi connectivity index (χ1v) is 11.8. The molecule has 1 aliphatic rings. The van der Waals surface area contributed by atoms with Gasteiger partial charge >= 0.3 is 6.01 Å². The molecule has 0 aliphatic heterocycles. The van der Waals surface area contributed by atoms with Crippen molar-refractivity contribution in [1.82, 2.24) is 20.2 Å². The van der Waals surface area contributed by atoms with E-state index in [1.807, 2.05) is 29.8 Å². The molecule has 3 heterocycles. The van der Waals surface area contributed by atoms with Gasteiger partial charge < -0.3 is 25.5 Å². The molecule has 5 rings (SSSR count). The van der Waals surface area contributed by atoms with Crippen LogP contribution in [0.3, 0.4) is 0 Å². The molecular formula is C22H24FN7O2S. The molecule has 3 aromatic heterocycles. The SMILES string of the molecule is OCCCNc1nnc(-c2cnc(Nc3ccc4ncsc4c3)cc2NC2CCCC2F)o1. The maximum absolute atomic E-state index is 14.4. The van der Waals surface area contributed by atoms with Crippen LogP contribution >= 0.6 is 11.3 Å². The highest BCUT2D eigenvalue weighted by molar-refractivity contribution is 7.16. The zero-order valence-corrected chi connectivity index (χ0v) is 18.6. The van der Waals surface area contributed by atoms with Crippen molar-refractivity contribution in [2.24, 2.45) is 0 Å². The van der Waals surface area contributed by atoms with Gasteiger partial charge in [0, 0.05) is 31.1 Å². The molecule has 0 radical (unpaired) electrons. The molecule has 9 nitrogen and oxygen atoms in total. The minimum atomic E-state index is -0.908. The lowest BCUT2D eigenvalue weighted by molar-refractivity contribution is 0.292. The van der Waals surface area contributed by atoms with Crippen LogP contribution in [0.15, 0.2) is 40.4 Å². The number of pyridine rings is 1. The summed E-state index contributed by atoms with van der Waals surface area (Å²) in [6.45, 7) is 0.586. The number of hydrogen-bond donors (Lipinski definition) is 4. The van der Waals surface area contributed by atoms with Crippen molar-refractivity contribution < 1.29 is 13.9 Å². The summed E-state index contributed by atoms with van der Waals surface area (Å²) in [5, 5.41) is 26.7.